The van der Waals surface area contributed by atoms with Crippen LogP contribution in [0.15, 0.2) is 18.2 Å². The van der Waals surface area contributed by atoms with Gasteiger partial charge in [0.25, 0.3) is 0 Å². The average Bonchev–Trinajstić information content (AvgIpc) is 2.64. The Morgan fingerprint density at radius 1 is 1.15 bits per heavy atom. The molecule has 26 heavy (non-hydrogen) atoms. The van der Waals surface area contributed by atoms with Crippen LogP contribution in [0.2, 0.25) is 0 Å². The van der Waals surface area contributed by atoms with E-state index in [-0.39, 0.29) is 24.0 Å². The van der Waals surface area contributed by atoms with Gasteiger partial charge in [-0.1, -0.05) is 26.7 Å². The summed E-state index contributed by atoms with van der Waals surface area (Å²) in [7, 11) is 3.30. The smallest absolute Gasteiger partial charge is 0.237 e. The van der Waals surface area contributed by atoms with Crippen molar-refractivity contribution in [2.24, 2.45) is 11.8 Å². The predicted octanol–water partition coefficient (Wildman–Crippen LogP) is 3.68. The molecule has 2 rings (SSSR count). The second-order valence-electron chi connectivity index (χ2n) is 7.60. The van der Waals surface area contributed by atoms with Crippen molar-refractivity contribution in [2.45, 2.75) is 65.1 Å². The van der Waals surface area contributed by atoms with Crippen LogP contribution >= 0.6 is 0 Å². The third kappa shape index (κ3) is 4.91. The van der Waals surface area contributed by atoms with E-state index in [1.807, 2.05) is 32.0 Å². The van der Waals surface area contributed by atoms with Crippen molar-refractivity contribution < 1.29 is 14.3 Å². The first kappa shape index (κ1) is 20.6. The molecular weight excluding hydrogens is 328 g/mol. The van der Waals surface area contributed by atoms with Crippen LogP contribution in [0.3, 0.4) is 0 Å². The molecule has 0 saturated heterocycles. The van der Waals surface area contributed by atoms with Gasteiger partial charge >= 0.3 is 0 Å². The predicted molar refractivity (Wildman–Crippen MR) is 105 cm³/mol. The molecule has 0 bridgehead atoms. The molecule has 0 heterocycles. The Balaban J connectivity index is 2.00. The molecule has 1 amide bonds. The summed E-state index contributed by atoms with van der Waals surface area (Å²) in [5, 5.41) is 6.64. The molecule has 0 spiro atoms. The molecule has 5 heteroatoms. The van der Waals surface area contributed by atoms with Gasteiger partial charge in [-0.25, -0.2) is 0 Å². The minimum atomic E-state index is -0.287. The molecule has 1 aliphatic rings. The fourth-order valence-corrected chi connectivity index (χ4v) is 3.81. The van der Waals surface area contributed by atoms with Crippen molar-refractivity contribution in [1.82, 2.24) is 10.6 Å². The maximum Gasteiger partial charge on any atom is 0.237 e. The number of nitrogens with one attached hydrogen (secondary N) is 2. The van der Waals surface area contributed by atoms with Gasteiger partial charge in [0.05, 0.1) is 20.3 Å². The Morgan fingerprint density at radius 2 is 1.88 bits per heavy atom. The quantitative estimate of drug-likeness (QED) is 0.777. The molecule has 2 N–H and O–H groups in total. The van der Waals surface area contributed by atoms with Crippen molar-refractivity contribution in [2.75, 3.05) is 14.2 Å². The number of hydrogen-bond donors (Lipinski definition) is 2. The lowest BCUT2D eigenvalue weighted by Gasteiger charge is -2.35. The third-order valence-electron chi connectivity index (χ3n) is 5.83. The number of ether oxygens (including phenoxy) is 2. The Morgan fingerprint density at radius 3 is 2.54 bits per heavy atom. The minimum Gasteiger partial charge on any atom is -0.497 e. The first-order valence-corrected chi connectivity index (χ1v) is 9.65. The fraction of sp³-hybridized carbons (Fsp3) is 0.667. The minimum absolute atomic E-state index is 0.0384. The zero-order valence-electron chi connectivity index (χ0n) is 17.0. The molecule has 1 aromatic rings. The molecule has 1 aliphatic carbocycles. The van der Waals surface area contributed by atoms with Crippen LogP contribution < -0.4 is 20.1 Å². The molecule has 0 aliphatic heterocycles. The van der Waals surface area contributed by atoms with Crippen LogP contribution in [0, 0.1) is 11.8 Å². The summed E-state index contributed by atoms with van der Waals surface area (Å²) in [5.41, 5.74) is 0.978. The summed E-state index contributed by atoms with van der Waals surface area (Å²) in [6, 6.07) is 5.66. The molecule has 5 unspecified atom stereocenters. The summed E-state index contributed by atoms with van der Waals surface area (Å²) >= 11 is 0. The number of amides is 1. The molecule has 1 aromatic carbocycles. The Labute approximate surface area is 157 Å². The highest BCUT2D eigenvalue weighted by atomic mass is 16.5. The molecule has 5 atom stereocenters. The van der Waals surface area contributed by atoms with Gasteiger partial charge < -0.3 is 14.8 Å². The number of carbonyl (C=O) groups excluding carboxylic acids is 1. The summed E-state index contributed by atoms with van der Waals surface area (Å²) in [4.78, 5) is 12.7. The molecule has 1 saturated carbocycles. The lowest BCUT2D eigenvalue weighted by molar-refractivity contribution is -0.124. The first-order chi connectivity index (χ1) is 12.4. The van der Waals surface area contributed by atoms with Gasteiger partial charge in [0.15, 0.2) is 0 Å². The molecule has 1 fully saturated rings. The lowest BCUT2D eigenvalue weighted by atomic mass is 9.78. The van der Waals surface area contributed by atoms with Crippen molar-refractivity contribution in [3.05, 3.63) is 23.8 Å². The first-order valence-electron chi connectivity index (χ1n) is 9.65. The van der Waals surface area contributed by atoms with Crippen molar-refractivity contribution in [3.8, 4) is 11.5 Å². The highest BCUT2D eigenvalue weighted by molar-refractivity contribution is 5.81. The van der Waals surface area contributed by atoms with Gasteiger partial charge in [-0.15, -0.1) is 0 Å². The SMILES string of the molecule is COc1ccc(OC)c(C(C)NC(C)C(=O)NC2CCCC(C)C2C)c1. The van der Waals surface area contributed by atoms with Gasteiger partial charge in [-0.3, -0.25) is 10.1 Å². The van der Waals surface area contributed by atoms with E-state index in [0.29, 0.717) is 11.8 Å². The van der Waals surface area contributed by atoms with Crippen LogP contribution in [0.1, 0.15) is 58.6 Å². The molecule has 5 nitrogen and oxygen atoms in total. The second-order valence-corrected chi connectivity index (χ2v) is 7.60. The van der Waals surface area contributed by atoms with Crippen LogP contribution in [-0.4, -0.2) is 32.2 Å². The van der Waals surface area contributed by atoms with Crippen LogP contribution in [-0.2, 0) is 4.79 Å². The highest BCUT2D eigenvalue weighted by Crippen LogP contribution is 2.30. The Kier molecular flexibility index (Phi) is 7.33. The van der Waals surface area contributed by atoms with Gasteiger partial charge in [0.2, 0.25) is 5.91 Å². The van der Waals surface area contributed by atoms with Crippen LogP contribution in [0.5, 0.6) is 11.5 Å². The molecule has 0 radical (unpaired) electrons. The topological polar surface area (TPSA) is 59.6 Å². The Bertz CT molecular complexity index is 605. The van der Waals surface area contributed by atoms with E-state index in [1.54, 1.807) is 14.2 Å². The summed E-state index contributed by atoms with van der Waals surface area (Å²) < 4.78 is 10.8. The number of carbonyl (C=O) groups is 1. The summed E-state index contributed by atoms with van der Waals surface area (Å²) in [6.07, 6.45) is 3.52. The number of benzene rings is 1. The molecule has 146 valence electrons. The van der Waals surface area contributed by atoms with E-state index in [9.17, 15) is 4.79 Å². The van der Waals surface area contributed by atoms with Crippen molar-refractivity contribution in [3.63, 3.8) is 0 Å². The van der Waals surface area contributed by atoms with Crippen molar-refractivity contribution >= 4 is 5.91 Å². The van der Waals surface area contributed by atoms with Crippen LogP contribution in [0.4, 0.5) is 0 Å². The Hall–Kier alpha value is -1.75. The normalized spacial score (nSPS) is 25.2. The highest BCUT2D eigenvalue weighted by Gasteiger charge is 2.29. The van der Waals surface area contributed by atoms with Crippen LogP contribution in [0.25, 0.3) is 0 Å². The lowest BCUT2D eigenvalue weighted by Crippen LogP contribution is -2.50. The van der Waals surface area contributed by atoms with Crippen molar-refractivity contribution in [1.29, 1.82) is 0 Å². The standard InChI is InChI=1S/C21H34N2O3/c1-13-8-7-9-19(14(13)2)23-21(24)16(4)22-15(3)18-12-17(25-5)10-11-20(18)26-6/h10-16,19,22H,7-9H2,1-6H3,(H,23,24). The average molecular weight is 363 g/mol. The van der Waals surface area contributed by atoms with E-state index >= 15 is 0 Å². The van der Waals surface area contributed by atoms with E-state index in [2.05, 4.69) is 24.5 Å². The monoisotopic (exact) mass is 362 g/mol. The second kappa shape index (κ2) is 9.26. The van der Waals surface area contributed by atoms with Gasteiger partial charge in [0.1, 0.15) is 11.5 Å². The third-order valence-corrected chi connectivity index (χ3v) is 5.83. The maximum absolute atomic E-state index is 12.7. The van der Waals surface area contributed by atoms with Gasteiger partial charge in [0, 0.05) is 17.6 Å². The maximum atomic E-state index is 12.7. The molecule has 0 aromatic heterocycles. The number of methoxy groups -OCH3 is 2. The molecular formula is C21H34N2O3. The van der Waals surface area contributed by atoms with E-state index in [0.717, 1.165) is 23.5 Å². The van der Waals surface area contributed by atoms with E-state index < -0.39 is 0 Å². The van der Waals surface area contributed by atoms with Gasteiger partial charge in [-0.05, 0) is 50.3 Å². The van der Waals surface area contributed by atoms with E-state index in [4.69, 9.17) is 9.47 Å². The summed E-state index contributed by atoms with van der Waals surface area (Å²) in [6.45, 7) is 8.47. The fourth-order valence-electron chi connectivity index (χ4n) is 3.81. The number of rotatable bonds is 7. The zero-order chi connectivity index (χ0) is 19.3. The van der Waals surface area contributed by atoms with E-state index in [1.165, 1.54) is 12.8 Å². The largest absolute Gasteiger partial charge is 0.497 e. The van der Waals surface area contributed by atoms with Gasteiger partial charge in [-0.2, -0.15) is 0 Å². The summed E-state index contributed by atoms with van der Waals surface area (Å²) in [5.74, 6) is 2.81. The number of hydrogen-bond acceptors (Lipinski definition) is 4. The zero-order valence-corrected chi connectivity index (χ0v) is 17.0.